The molecule has 0 aliphatic heterocycles. The maximum Gasteiger partial charge on any atom is 0.279 e. The Morgan fingerprint density at radius 3 is 2.71 bits per heavy atom. The molecule has 31 heavy (non-hydrogen) atoms. The number of rotatable bonds is 6. The summed E-state index contributed by atoms with van der Waals surface area (Å²) in [6.45, 7) is 0. The summed E-state index contributed by atoms with van der Waals surface area (Å²) in [6, 6.07) is 9.33. The van der Waals surface area contributed by atoms with Crippen LogP contribution in [0.5, 0.6) is 0 Å². The first-order valence-electron chi connectivity index (χ1n) is 9.46. The molecule has 0 bridgehead atoms. The predicted octanol–water partition coefficient (Wildman–Crippen LogP) is 3.71. The van der Waals surface area contributed by atoms with Crippen LogP contribution >= 0.6 is 27.3 Å². The van der Waals surface area contributed by atoms with Crippen LogP contribution in [0.25, 0.3) is 16.9 Å². The molecule has 2 amide bonds. The summed E-state index contributed by atoms with van der Waals surface area (Å²) in [7, 11) is 0. The second kappa shape index (κ2) is 7.75. The van der Waals surface area contributed by atoms with Gasteiger partial charge in [-0.05, 0) is 43.2 Å². The fourth-order valence-electron chi connectivity index (χ4n) is 3.25. The number of amides is 2. The highest BCUT2D eigenvalue weighted by Gasteiger charge is 2.34. The predicted molar refractivity (Wildman–Crippen MR) is 119 cm³/mol. The van der Waals surface area contributed by atoms with Crippen molar-refractivity contribution in [1.82, 2.24) is 25.0 Å². The third-order valence-electron chi connectivity index (χ3n) is 4.92. The molecule has 0 radical (unpaired) electrons. The lowest BCUT2D eigenvalue weighted by Gasteiger charge is -2.07. The molecule has 1 aromatic carbocycles. The zero-order valence-electron chi connectivity index (χ0n) is 16.0. The first-order chi connectivity index (χ1) is 15.0. The molecule has 0 unspecified atom stereocenters. The first kappa shape index (κ1) is 19.6. The van der Waals surface area contributed by atoms with Gasteiger partial charge in [-0.1, -0.05) is 21.1 Å². The third-order valence-corrected chi connectivity index (χ3v) is 6.21. The van der Waals surface area contributed by atoms with Gasteiger partial charge in [-0.3, -0.25) is 14.9 Å². The fourth-order valence-corrected chi connectivity index (χ4v) is 4.23. The number of primary amides is 1. The molecule has 3 aromatic heterocycles. The lowest BCUT2D eigenvalue weighted by Crippen LogP contribution is -2.15. The van der Waals surface area contributed by atoms with Gasteiger partial charge in [-0.2, -0.15) is 0 Å². The monoisotopic (exact) mass is 497 g/mol. The largest absolute Gasteiger partial charge is 0.364 e. The summed E-state index contributed by atoms with van der Waals surface area (Å²) < 4.78 is 2.70. The van der Waals surface area contributed by atoms with Crippen molar-refractivity contribution in [1.29, 1.82) is 0 Å². The second-order valence-electron chi connectivity index (χ2n) is 7.14. The van der Waals surface area contributed by atoms with Gasteiger partial charge in [0.2, 0.25) is 0 Å². The van der Waals surface area contributed by atoms with Crippen LogP contribution in [0.4, 0.5) is 5.13 Å². The van der Waals surface area contributed by atoms with Crippen molar-refractivity contribution in [3.8, 4) is 16.9 Å². The number of carbonyl (C=O) groups is 2. The zero-order chi connectivity index (χ0) is 21.5. The number of anilines is 1. The van der Waals surface area contributed by atoms with E-state index in [1.807, 2.05) is 24.3 Å². The normalized spacial score (nSPS) is 13.3. The van der Waals surface area contributed by atoms with Gasteiger partial charge in [0, 0.05) is 27.5 Å². The number of aromatic nitrogens is 5. The van der Waals surface area contributed by atoms with Crippen molar-refractivity contribution in [3.05, 3.63) is 63.5 Å². The number of nitrogens with zero attached hydrogens (tertiary/aromatic N) is 4. The molecule has 0 saturated heterocycles. The summed E-state index contributed by atoms with van der Waals surface area (Å²) in [5, 5.41) is 13.5. The number of aromatic amines is 1. The second-order valence-corrected chi connectivity index (χ2v) is 8.92. The highest BCUT2D eigenvalue weighted by molar-refractivity contribution is 9.10. The first-order valence-corrected chi connectivity index (χ1v) is 11.1. The van der Waals surface area contributed by atoms with Crippen molar-refractivity contribution >= 4 is 44.2 Å². The van der Waals surface area contributed by atoms with E-state index in [0.717, 1.165) is 28.7 Å². The van der Waals surface area contributed by atoms with Crippen molar-refractivity contribution in [2.24, 2.45) is 5.73 Å². The minimum absolute atomic E-state index is 0.262. The standard InChI is InChI=1S/C20H16BrN7O2S/c21-12-3-5-13(6-4-12)28-17(10-1-2-10)16(26-27-28)19(30)25-20-24-15(9-31-20)11-7-14(18(22)29)23-8-11/h3-10,23H,1-2H2,(H2,22,29)(H,24,25,30). The summed E-state index contributed by atoms with van der Waals surface area (Å²) in [5.74, 6) is -0.632. The average molecular weight is 498 g/mol. The maximum absolute atomic E-state index is 13.0. The number of hydrogen-bond donors (Lipinski definition) is 3. The van der Waals surface area contributed by atoms with Crippen LogP contribution < -0.4 is 11.1 Å². The van der Waals surface area contributed by atoms with Gasteiger partial charge in [0.15, 0.2) is 10.8 Å². The number of halogens is 1. The molecule has 9 nitrogen and oxygen atoms in total. The van der Waals surface area contributed by atoms with Crippen molar-refractivity contribution < 1.29 is 9.59 Å². The highest BCUT2D eigenvalue weighted by Crippen LogP contribution is 2.42. The molecule has 4 N–H and O–H groups in total. The van der Waals surface area contributed by atoms with Crippen LogP contribution in [0, 0.1) is 0 Å². The Hall–Kier alpha value is -3.31. The van der Waals surface area contributed by atoms with Gasteiger partial charge in [0.1, 0.15) is 5.69 Å². The van der Waals surface area contributed by atoms with Gasteiger partial charge < -0.3 is 10.7 Å². The third kappa shape index (κ3) is 3.89. The summed E-state index contributed by atoms with van der Waals surface area (Å²) >= 11 is 4.72. The molecule has 3 heterocycles. The number of nitrogens with one attached hydrogen (secondary N) is 2. The smallest absolute Gasteiger partial charge is 0.279 e. The number of thiazole rings is 1. The van der Waals surface area contributed by atoms with E-state index in [9.17, 15) is 9.59 Å². The SMILES string of the molecule is NC(=O)c1cc(-c2csc(NC(=O)c3nnn(-c4ccc(Br)cc4)c3C3CC3)n2)c[nH]1. The average Bonchev–Trinajstić information content (AvgIpc) is 3.16. The lowest BCUT2D eigenvalue weighted by atomic mass is 10.2. The number of H-pyrrole nitrogens is 1. The van der Waals surface area contributed by atoms with Crippen LogP contribution in [0.2, 0.25) is 0 Å². The molecule has 11 heteroatoms. The zero-order valence-corrected chi connectivity index (χ0v) is 18.4. The van der Waals surface area contributed by atoms with E-state index in [2.05, 4.69) is 41.5 Å². The molecule has 1 aliphatic rings. The number of hydrogen-bond acceptors (Lipinski definition) is 6. The molecule has 1 saturated carbocycles. The van der Waals surface area contributed by atoms with E-state index in [4.69, 9.17) is 5.73 Å². The van der Waals surface area contributed by atoms with Gasteiger partial charge in [-0.15, -0.1) is 16.4 Å². The Morgan fingerprint density at radius 1 is 1.26 bits per heavy atom. The van der Waals surface area contributed by atoms with E-state index in [0.29, 0.717) is 27.8 Å². The van der Waals surface area contributed by atoms with Crippen LogP contribution in [-0.2, 0) is 0 Å². The Kier molecular flexibility index (Phi) is 4.91. The Labute approximate surface area is 188 Å². The molecule has 5 rings (SSSR count). The minimum atomic E-state index is -0.545. The van der Waals surface area contributed by atoms with Crippen molar-refractivity contribution in [3.63, 3.8) is 0 Å². The molecule has 4 aromatic rings. The van der Waals surface area contributed by atoms with E-state index in [-0.39, 0.29) is 11.8 Å². The molecular weight excluding hydrogens is 482 g/mol. The highest BCUT2D eigenvalue weighted by atomic mass is 79.9. The minimum Gasteiger partial charge on any atom is -0.364 e. The van der Waals surface area contributed by atoms with Crippen LogP contribution in [0.1, 0.15) is 45.4 Å². The maximum atomic E-state index is 13.0. The van der Waals surface area contributed by atoms with Crippen molar-refractivity contribution in [2.75, 3.05) is 5.32 Å². The van der Waals surface area contributed by atoms with E-state index in [1.165, 1.54) is 11.3 Å². The van der Waals surface area contributed by atoms with Crippen molar-refractivity contribution in [2.45, 2.75) is 18.8 Å². The number of nitrogens with two attached hydrogens (primary N) is 1. The Balaban J connectivity index is 1.39. The van der Waals surface area contributed by atoms with E-state index < -0.39 is 5.91 Å². The van der Waals surface area contributed by atoms with Crippen LogP contribution in [-0.4, -0.2) is 36.8 Å². The molecule has 156 valence electrons. The molecule has 1 fully saturated rings. The summed E-state index contributed by atoms with van der Waals surface area (Å²) in [5.41, 5.74) is 8.89. The number of benzene rings is 1. The van der Waals surface area contributed by atoms with E-state index >= 15 is 0 Å². The summed E-state index contributed by atoms with van der Waals surface area (Å²) in [4.78, 5) is 31.5. The quantitative estimate of drug-likeness (QED) is 0.373. The van der Waals surface area contributed by atoms with Crippen LogP contribution in [0.15, 0.2) is 46.4 Å². The van der Waals surface area contributed by atoms with Gasteiger partial charge in [0.25, 0.3) is 11.8 Å². The Bertz CT molecular complexity index is 1290. The lowest BCUT2D eigenvalue weighted by molar-refractivity contribution is 0.0993. The van der Waals surface area contributed by atoms with Crippen LogP contribution in [0.3, 0.4) is 0 Å². The topological polar surface area (TPSA) is 132 Å². The summed E-state index contributed by atoms with van der Waals surface area (Å²) in [6.07, 6.45) is 3.65. The number of carbonyl (C=O) groups excluding carboxylic acids is 2. The van der Waals surface area contributed by atoms with E-state index in [1.54, 1.807) is 22.3 Å². The molecular formula is C20H16BrN7O2S. The molecule has 1 aliphatic carbocycles. The van der Waals surface area contributed by atoms with Gasteiger partial charge >= 0.3 is 0 Å². The van der Waals surface area contributed by atoms with Gasteiger partial charge in [-0.25, -0.2) is 9.67 Å². The van der Waals surface area contributed by atoms with Gasteiger partial charge in [0.05, 0.1) is 17.1 Å². The fraction of sp³-hybridized carbons (Fsp3) is 0.150. The molecule has 0 spiro atoms. The molecule has 0 atom stereocenters. The Morgan fingerprint density at radius 2 is 2.03 bits per heavy atom.